The van der Waals surface area contributed by atoms with Gasteiger partial charge in [0.15, 0.2) is 0 Å². The lowest BCUT2D eigenvalue weighted by Gasteiger charge is -2.18. The van der Waals surface area contributed by atoms with Crippen LogP contribution in [0.15, 0.2) is 227 Å². The summed E-state index contributed by atoms with van der Waals surface area (Å²) in [6.07, 6.45) is 0. The summed E-state index contributed by atoms with van der Waals surface area (Å²) in [5.74, 6) is 0. The number of furan rings is 2. The number of fused-ring (bicyclic) bond motifs is 12. The van der Waals surface area contributed by atoms with Crippen molar-refractivity contribution in [2.75, 3.05) is 0 Å². The first-order valence-electron chi connectivity index (χ1n) is 22.0. The number of benzene rings is 12. The number of hydrogen-bond donors (Lipinski definition) is 0. The zero-order valence-corrected chi connectivity index (χ0v) is 34.6. The van der Waals surface area contributed by atoms with Gasteiger partial charge >= 0.3 is 0 Å². The minimum atomic E-state index is 0.874. The summed E-state index contributed by atoms with van der Waals surface area (Å²) >= 11 is 0. The Morgan fingerprint density at radius 2 is 0.625 bits per heavy atom. The minimum absolute atomic E-state index is 0.874. The van der Waals surface area contributed by atoms with Crippen molar-refractivity contribution in [2.45, 2.75) is 0 Å². The van der Waals surface area contributed by atoms with Crippen LogP contribution < -0.4 is 0 Å². The molecule has 0 N–H and O–H groups in total. The quantitative estimate of drug-likeness (QED) is 0.166. The number of hydrogen-bond acceptors (Lipinski definition) is 2. The van der Waals surface area contributed by atoms with Crippen molar-refractivity contribution >= 4 is 97.7 Å². The maximum atomic E-state index is 6.99. The molecule has 2 nitrogen and oxygen atoms in total. The number of rotatable bonds is 4. The molecule has 2 heterocycles. The van der Waals surface area contributed by atoms with Gasteiger partial charge in [-0.3, -0.25) is 0 Å². The smallest absolute Gasteiger partial charge is 0.143 e. The molecule has 14 rings (SSSR count). The summed E-state index contributed by atoms with van der Waals surface area (Å²) in [4.78, 5) is 0. The van der Waals surface area contributed by atoms with Crippen LogP contribution in [0.4, 0.5) is 0 Å². The fraction of sp³-hybridized carbons (Fsp3) is 0. The van der Waals surface area contributed by atoms with E-state index in [0.717, 1.165) is 60.4 Å². The van der Waals surface area contributed by atoms with Crippen molar-refractivity contribution in [3.05, 3.63) is 218 Å². The van der Waals surface area contributed by atoms with Gasteiger partial charge in [-0.25, -0.2) is 0 Å². The Labute approximate surface area is 367 Å². The van der Waals surface area contributed by atoms with Crippen molar-refractivity contribution in [2.24, 2.45) is 0 Å². The zero-order chi connectivity index (χ0) is 41.9. The fourth-order valence-corrected chi connectivity index (χ4v) is 10.9. The highest BCUT2D eigenvalue weighted by Crippen LogP contribution is 2.49. The molecule has 0 saturated heterocycles. The van der Waals surface area contributed by atoms with E-state index in [-0.39, 0.29) is 0 Å². The average Bonchev–Trinajstić information content (AvgIpc) is 3.93. The Balaban J connectivity index is 0.985. The predicted octanol–water partition coefficient (Wildman–Crippen LogP) is 17.9. The molecule has 0 spiro atoms. The molecule has 0 amide bonds. The van der Waals surface area contributed by atoms with Gasteiger partial charge in [-0.05, 0) is 112 Å². The average molecular weight is 813 g/mol. The van der Waals surface area contributed by atoms with Crippen LogP contribution in [-0.4, -0.2) is 0 Å². The summed E-state index contributed by atoms with van der Waals surface area (Å²) < 4.78 is 13.5. The van der Waals surface area contributed by atoms with Gasteiger partial charge in [-0.1, -0.05) is 188 Å². The standard InChI is InChI=1S/C62H36O2/c1-2-16-38(17-3-1)57-42-19-6-8-21-44(42)58(45-22-9-7-20-43(45)57)39-30-33-55-53(35-39)50-27-14-28-52(62(50)64-55)60-48-25-12-10-23-46(48)59(47-24-11-13-26-49(47)60)40-31-34-56-54(36-40)51-32-29-37-15-4-5-18-41(37)61(51)63-56/h1-36H. The highest BCUT2D eigenvalue weighted by molar-refractivity contribution is 6.26. The summed E-state index contributed by atoms with van der Waals surface area (Å²) in [6.45, 7) is 0. The first-order chi connectivity index (χ1) is 31.8. The molecule has 64 heavy (non-hydrogen) atoms. The molecule has 0 atom stereocenters. The highest BCUT2D eigenvalue weighted by atomic mass is 16.3. The lowest BCUT2D eigenvalue weighted by Crippen LogP contribution is -1.91. The molecule has 0 saturated carbocycles. The molecule has 0 radical (unpaired) electrons. The van der Waals surface area contributed by atoms with Gasteiger partial charge in [0.25, 0.3) is 0 Å². The molecule has 0 aliphatic rings. The Bertz CT molecular complexity index is 4130. The van der Waals surface area contributed by atoms with Crippen LogP contribution in [-0.2, 0) is 0 Å². The Morgan fingerprint density at radius 1 is 0.219 bits per heavy atom. The van der Waals surface area contributed by atoms with Crippen LogP contribution in [0.25, 0.3) is 142 Å². The molecule has 296 valence electrons. The number of para-hydroxylation sites is 1. The summed E-state index contributed by atoms with van der Waals surface area (Å²) in [5.41, 5.74) is 13.1. The second kappa shape index (κ2) is 13.5. The van der Waals surface area contributed by atoms with Gasteiger partial charge < -0.3 is 8.83 Å². The van der Waals surface area contributed by atoms with E-state index in [9.17, 15) is 0 Å². The molecule has 12 aromatic carbocycles. The summed E-state index contributed by atoms with van der Waals surface area (Å²) in [6, 6.07) is 79.2. The van der Waals surface area contributed by atoms with E-state index in [1.165, 1.54) is 81.9 Å². The predicted molar refractivity (Wildman–Crippen MR) is 270 cm³/mol. The topological polar surface area (TPSA) is 26.3 Å². The van der Waals surface area contributed by atoms with Crippen LogP contribution in [0.1, 0.15) is 0 Å². The molecule has 14 aromatic rings. The van der Waals surface area contributed by atoms with E-state index in [2.05, 4.69) is 218 Å². The van der Waals surface area contributed by atoms with Gasteiger partial charge in [0, 0.05) is 38.1 Å². The van der Waals surface area contributed by atoms with Gasteiger partial charge in [-0.2, -0.15) is 0 Å². The van der Waals surface area contributed by atoms with E-state index in [1.54, 1.807) is 0 Å². The van der Waals surface area contributed by atoms with E-state index in [1.807, 2.05) is 0 Å². The van der Waals surface area contributed by atoms with E-state index in [0.29, 0.717) is 0 Å². The van der Waals surface area contributed by atoms with Crippen LogP contribution in [0.5, 0.6) is 0 Å². The van der Waals surface area contributed by atoms with E-state index >= 15 is 0 Å². The van der Waals surface area contributed by atoms with Gasteiger partial charge in [0.2, 0.25) is 0 Å². The Kier molecular flexibility index (Phi) is 7.43. The molecule has 0 aliphatic heterocycles. The molecule has 2 aromatic heterocycles. The normalized spacial score (nSPS) is 12.1. The molecular formula is C62H36O2. The Hall–Kier alpha value is -8.46. The summed E-state index contributed by atoms with van der Waals surface area (Å²) in [7, 11) is 0. The van der Waals surface area contributed by atoms with Crippen molar-refractivity contribution in [3.8, 4) is 44.5 Å². The molecular weight excluding hydrogens is 777 g/mol. The maximum absolute atomic E-state index is 6.99. The lowest BCUT2D eigenvalue weighted by atomic mass is 9.85. The maximum Gasteiger partial charge on any atom is 0.143 e. The van der Waals surface area contributed by atoms with Crippen LogP contribution >= 0.6 is 0 Å². The van der Waals surface area contributed by atoms with Crippen LogP contribution in [0.2, 0.25) is 0 Å². The first kappa shape index (κ1) is 35.2. The second-order valence-corrected chi connectivity index (χ2v) is 17.0. The molecule has 0 unspecified atom stereocenters. The van der Waals surface area contributed by atoms with Crippen molar-refractivity contribution in [1.82, 2.24) is 0 Å². The van der Waals surface area contributed by atoms with Crippen LogP contribution in [0, 0.1) is 0 Å². The Morgan fingerprint density at radius 3 is 1.16 bits per heavy atom. The third kappa shape index (κ3) is 5.02. The molecule has 2 heteroatoms. The zero-order valence-electron chi connectivity index (χ0n) is 34.6. The van der Waals surface area contributed by atoms with Crippen molar-refractivity contribution in [1.29, 1.82) is 0 Å². The SMILES string of the molecule is c1ccc(-c2c3ccccc3c(-c3ccc4oc5c(-c6c7ccccc7c(-c7ccc8oc9c%10ccccc%10ccc9c8c7)c7ccccc67)cccc5c4c3)c3ccccc23)cc1. The third-order valence-corrected chi connectivity index (χ3v) is 13.6. The minimum Gasteiger partial charge on any atom is -0.455 e. The van der Waals surface area contributed by atoms with Gasteiger partial charge in [0.1, 0.15) is 22.3 Å². The van der Waals surface area contributed by atoms with E-state index in [4.69, 9.17) is 8.83 Å². The summed E-state index contributed by atoms with van der Waals surface area (Å²) in [5, 5.41) is 16.5. The van der Waals surface area contributed by atoms with Gasteiger partial charge in [0.05, 0.1) is 0 Å². The largest absolute Gasteiger partial charge is 0.455 e. The lowest BCUT2D eigenvalue weighted by molar-refractivity contribution is 0.670. The fourth-order valence-electron chi connectivity index (χ4n) is 10.9. The van der Waals surface area contributed by atoms with Crippen molar-refractivity contribution < 1.29 is 8.83 Å². The van der Waals surface area contributed by atoms with Crippen molar-refractivity contribution in [3.63, 3.8) is 0 Å². The van der Waals surface area contributed by atoms with E-state index < -0.39 is 0 Å². The third-order valence-electron chi connectivity index (χ3n) is 13.6. The monoisotopic (exact) mass is 812 g/mol. The molecule has 0 fully saturated rings. The molecule has 0 aliphatic carbocycles. The first-order valence-corrected chi connectivity index (χ1v) is 22.0. The second-order valence-electron chi connectivity index (χ2n) is 17.0. The van der Waals surface area contributed by atoms with Crippen LogP contribution in [0.3, 0.4) is 0 Å². The highest BCUT2D eigenvalue weighted by Gasteiger charge is 2.23. The molecule has 0 bridgehead atoms. The van der Waals surface area contributed by atoms with Gasteiger partial charge in [-0.15, -0.1) is 0 Å².